The monoisotopic (exact) mass is 171 g/mol. The lowest BCUT2D eigenvalue weighted by Gasteiger charge is -2.03. The topological polar surface area (TPSA) is 18.5 Å². The summed E-state index contributed by atoms with van der Waals surface area (Å²) in [6.45, 7) is 6.83. The zero-order chi connectivity index (χ0) is 8.74. The van der Waals surface area contributed by atoms with E-state index in [2.05, 4.69) is 35.8 Å². The highest BCUT2D eigenvalue weighted by atomic mass is 28.3. The van der Waals surface area contributed by atoms with Crippen molar-refractivity contribution in [2.24, 2.45) is 0 Å². The van der Waals surface area contributed by atoms with Crippen molar-refractivity contribution in [3.63, 3.8) is 0 Å². The quantitative estimate of drug-likeness (QED) is 0.212. The number of ether oxygens (including phenoxy) is 2. The molecule has 0 heterocycles. The Morgan fingerprint density at radius 1 is 1.36 bits per heavy atom. The molecule has 0 rings (SSSR count). The van der Waals surface area contributed by atoms with E-state index in [9.17, 15) is 0 Å². The molecule has 0 aromatic rings. The molecule has 2 nitrogen and oxygen atoms in total. The minimum absolute atomic E-state index is 0.278. The van der Waals surface area contributed by atoms with Gasteiger partial charge in [-0.05, 0) is 5.70 Å². The Hall–Kier alpha value is -0.503. The minimum atomic E-state index is -1.23. The van der Waals surface area contributed by atoms with E-state index >= 15 is 0 Å². The van der Waals surface area contributed by atoms with Gasteiger partial charge in [-0.1, -0.05) is 25.4 Å². The van der Waals surface area contributed by atoms with Crippen LogP contribution in [0.3, 0.4) is 0 Å². The molecule has 0 fully saturated rings. The zero-order valence-corrected chi connectivity index (χ0v) is 8.60. The van der Waals surface area contributed by atoms with Gasteiger partial charge in [0.1, 0.15) is 6.26 Å². The highest BCUT2D eigenvalue weighted by molar-refractivity contribution is 6.78. The Bertz CT molecular complexity index is 152. The molecular formula is C8H15O2Si. The zero-order valence-electron chi connectivity index (χ0n) is 7.60. The Balaban J connectivity index is 3.64. The maximum absolute atomic E-state index is 4.88. The largest absolute Gasteiger partial charge is 0.467 e. The second kappa shape index (κ2) is 5.19. The van der Waals surface area contributed by atoms with Crippen LogP contribution in [0.25, 0.3) is 0 Å². The smallest absolute Gasteiger partial charge is 0.188 e. The first kappa shape index (κ1) is 10.5. The summed E-state index contributed by atoms with van der Waals surface area (Å²) in [7, 11) is 0.353. The summed E-state index contributed by atoms with van der Waals surface area (Å²) in [4.78, 5) is 0. The molecule has 1 radical (unpaired) electrons. The van der Waals surface area contributed by atoms with Crippen LogP contribution in [-0.2, 0) is 9.47 Å². The van der Waals surface area contributed by atoms with Crippen molar-refractivity contribution in [1.82, 2.24) is 0 Å². The van der Waals surface area contributed by atoms with Gasteiger partial charge in [-0.15, -0.1) is 0 Å². The van der Waals surface area contributed by atoms with E-state index in [1.807, 2.05) is 0 Å². The Morgan fingerprint density at radius 2 is 2.00 bits per heavy atom. The molecule has 0 aromatic carbocycles. The summed E-state index contributed by atoms with van der Waals surface area (Å²) >= 11 is 0. The van der Waals surface area contributed by atoms with Gasteiger partial charge < -0.3 is 9.47 Å². The highest BCUT2D eigenvalue weighted by Gasteiger charge is 2.06. The summed E-state index contributed by atoms with van der Waals surface area (Å²) in [5.74, 6) is 0. The summed E-state index contributed by atoms with van der Waals surface area (Å²) in [5, 5.41) is 0. The van der Waals surface area contributed by atoms with Gasteiger partial charge in [-0.3, -0.25) is 0 Å². The molecule has 0 bridgehead atoms. The van der Waals surface area contributed by atoms with Crippen molar-refractivity contribution in [1.29, 1.82) is 0 Å². The third kappa shape index (κ3) is 9.50. The molecule has 11 heavy (non-hydrogen) atoms. The van der Waals surface area contributed by atoms with Crippen LogP contribution in [0.2, 0.25) is 19.6 Å². The third-order valence-corrected chi connectivity index (χ3v) is 1.67. The van der Waals surface area contributed by atoms with E-state index in [-0.39, 0.29) is 6.79 Å². The lowest BCUT2D eigenvalue weighted by Crippen LogP contribution is -2.15. The first-order valence-electron chi connectivity index (χ1n) is 3.51. The van der Waals surface area contributed by atoms with Gasteiger partial charge in [-0.25, -0.2) is 0 Å². The number of methoxy groups -OCH3 is 1. The van der Waals surface area contributed by atoms with Crippen LogP contribution in [0.1, 0.15) is 0 Å². The first-order chi connectivity index (χ1) is 5.06. The van der Waals surface area contributed by atoms with E-state index in [0.29, 0.717) is 0 Å². The van der Waals surface area contributed by atoms with Crippen LogP contribution in [-0.4, -0.2) is 22.0 Å². The van der Waals surface area contributed by atoms with Gasteiger partial charge in [0.2, 0.25) is 0 Å². The van der Waals surface area contributed by atoms with E-state index in [4.69, 9.17) is 4.74 Å². The molecule has 0 amide bonds. The maximum atomic E-state index is 4.88. The standard InChI is InChI=1S/C8H15O2Si/c1-9-8-10-6-5-7-11(2,3)4/h6H,8H2,1-4H3. The van der Waals surface area contributed by atoms with Crippen LogP contribution in [0, 0.1) is 5.70 Å². The maximum Gasteiger partial charge on any atom is 0.188 e. The van der Waals surface area contributed by atoms with Crippen LogP contribution in [0.15, 0.2) is 12.0 Å². The fourth-order valence-corrected chi connectivity index (χ4v) is 0.882. The van der Waals surface area contributed by atoms with Crippen molar-refractivity contribution in [3.8, 4) is 0 Å². The Labute approximate surface area is 69.5 Å². The molecule has 0 aliphatic rings. The molecule has 0 aliphatic carbocycles. The molecule has 3 heteroatoms. The van der Waals surface area contributed by atoms with Crippen LogP contribution in [0.4, 0.5) is 0 Å². The van der Waals surface area contributed by atoms with Crippen LogP contribution in [0.5, 0.6) is 0 Å². The van der Waals surface area contributed by atoms with E-state index in [1.54, 1.807) is 7.11 Å². The number of rotatable bonds is 4. The van der Waals surface area contributed by atoms with E-state index in [1.165, 1.54) is 6.26 Å². The van der Waals surface area contributed by atoms with Crippen molar-refractivity contribution < 1.29 is 9.47 Å². The fourth-order valence-electron chi connectivity index (χ4n) is 0.390. The molecule has 0 saturated carbocycles. The SMILES string of the molecule is COCOC=C=[C][Si](C)(C)C. The normalized spacial score (nSPS) is 10.2. The molecular weight excluding hydrogens is 156 g/mol. The first-order valence-corrected chi connectivity index (χ1v) is 7.01. The lowest BCUT2D eigenvalue weighted by molar-refractivity contribution is 0.0201. The Morgan fingerprint density at radius 3 is 2.45 bits per heavy atom. The summed E-state index contributed by atoms with van der Waals surface area (Å²) in [6.07, 6.45) is 1.49. The van der Waals surface area contributed by atoms with E-state index in [0.717, 1.165) is 0 Å². The van der Waals surface area contributed by atoms with Crippen molar-refractivity contribution in [2.45, 2.75) is 19.6 Å². The van der Waals surface area contributed by atoms with E-state index < -0.39 is 8.07 Å². The summed E-state index contributed by atoms with van der Waals surface area (Å²) in [6, 6.07) is 0. The van der Waals surface area contributed by atoms with Gasteiger partial charge in [0.05, 0.1) is 8.07 Å². The van der Waals surface area contributed by atoms with Crippen molar-refractivity contribution in [3.05, 3.63) is 17.7 Å². The molecule has 0 N–H and O–H groups in total. The molecule has 0 aliphatic heterocycles. The lowest BCUT2D eigenvalue weighted by atomic mass is 10.9. The van der Waals surface area contributed by atoms with Crippen LogP contribution < -0.4 is 0 Å². The minimum Gasteiger partial charge on any atom is -0.467 e. The second-order valence-electron chi connectivity index (χ2n) is 3.21. The molecule has 63 valence electrons. The molecule has 0 unspecified atom stereocenters. The Kier molecular flexibility index (Phi) is 4.95. The van der Waals surface area contributed by atoms with Crippen molar-refractivity contribution >= 4 is 8.07 Å². The predicted octanol–water partition coefficient (Wildman–Crippen LogP) is 1.96. The fraction of sp³-hybridized carbons (Fsp3) is 0.625. The highest BCUT2D eigenvalue weighted by Crippen LogP contribution is 1.98. The van der Waals surface area contributed by atoms with Gasteiger partial charge >= 0.3 is 0 Å². The summed E-state index contributed by atoms with van der Waals surface area (Å²) < 4.78 is 9.54. The predicted molar refractivity (Wildman–Crippen MR) is 47.6 cm³/mol. The number of hydrogen-bond acceptors (Lipinski definition) is 2. The average Bonchev–Trinajstić information content (AvgIpc) is 1.85. The molecule has 0 aromatic heterocycles. The van der Waals surface area contributed by atoms with Crippen molar-refractivity contribution in [2.75, 3.05) is 13.9 Å². The summed E-state index contributed by atoms with van der Waals surface area (Å²) in [5.41, 5.74) is 5.98. The van der Waals surface area contributed by atoms with Gasteiger partial charge in [0.25, 0.3) is 0 Å². The number of hydrogen-bond donors (Lipinski definition) is 0. The molecule has 0 spiro atoms. The third-order valence-electron chi connectivity index (χ3n) is 0.775. The second-order valence-corrected chi connectivity index (χ2v) is 7.96. The van der Waals surface area contributed by atoms with Gasteiger partial charge in [0.15, 0.2) is 6.79 Å². The average molecular weight is 171 g/mol. The van der Waals surface area contributed by atoms with Gasteiger partial charge in [-0.2, -0.15) is 0 Å². The molecule has 0 saturated heterocycles. The molecule has 0 atom stereocenters. The van der Waals surface area contributed by atoms with Crippen LogP contribution >= 0.6 is 0 Å². The van der Waals surface area contributed by atoms with Gasteiger partial charge in [0, 0.05) is 7.11 Å².